The van der Waals surface area contributed by atoms with E-state index in [1.165, 1.54) is 12.8 Å². The van der Waals surface area contributed by atoms with Gasteiger partial charge in [-0.25, -0.2) is 0 Å². The Hall–Kier alpha value is -0.840. The first kappa shape index (κ1) is 10.7. The zero-order chi connectivity index (χ0) is 10.7. The summed E-state index contributed by atoms with van der Waals surface area (Å²) in [4.78, 5) is 11.7. The Labute approximate surface area is 97.0 Å². The van der Waals surface area contributed by atoms with Crippen molar-refractivity contribution in [2.75, 3.05) is 5.33 Å². The number of nitrogens with zero attached hydrogens (tertiary/aromatic N) is 1. The summed E-state index contributed by atoms with van der Waals surface area (Å²) < 4.78 is 0. The predicted octanol–water partition coefficient (Wildman–Crippen LogP) is 1.70. The van der Waals surface area contributed by atoms with E-state index < -0.39 is 0 Å². The van der Waals surface area contributed by atoms with Crippen LogP contribution >= 0.6 is 15.9 Å². The number of H-pyrrole nitrogens is 1. The van der Waals surface area contributed by atoms with Gasteiger partial charge in [-0.2, -0.15) is 5.10 Å². The molecule has 1 aliphatic carbocycles. The van der Waals surface area contributed by atoms with Crippen LogP contribution in [0.3, 0.4) is 0 Å². The van der Waals surface area contributed by atoms with Gasteiger partial charge in [0.25, 0.3) is 5.91 Å². The van der Waals surface area contributed by atoms with Crippen molar-refractivity contribution in [3.05, 3.63) is 18.0 Å². The lowest BCUT2D eigenvalue weighted by molar-refractivity contribution is 0.0930. The summed E-state index contributed by atoms with van der Waals surface area (Å²) in [6.07, 6.45) is 6.65. The highest BCUT2D eigenvalue weighted by molar-refractivity contribution is 9.09. The Bertz CT molecular complexity index is 325. The summed E-state index contributed by atoms with van der Waals surface area (Å²) in [7, 11) is 0. The van der Waals surface area contributed by atoms with Gasteiger partial charge in [0.05, 0.1) is 11.8 Å². The molecule has 1 amide bonds. The van der Waals surface area contributed by atoms with Crippen LogP contribution in [0.25, 0.3) is 0 Å². The van der Waals surface area contributed by atoms with Crippen molar-refractivity contribution >= 4 is 21.8 Å². The molecule has 2 N–H and O–H groups in total. The van der Waals surface area contributed by atoms with Crippen molar-refractivity contribution in [2.24, 2.45) is 5.92 Å². The minimum absolute atomic E-state index is 0.0263. The molecule has 1 aliphatic rings. The Kier molecular flexibility index (Phi) is 3.41. The van der Waals surface area contributed by atoms with Gasteiger partial charge < -0.3 is 5.32 Å². The van der Waals surface area contributed by atoms with Gasteiger partial charge in [0.1, 0.15) is 0 Å². The van der Waals surface area contributed by atoms with Gasteiger partial charge >= 0.3 is 0 Å². The Balaban J connectivity index is 1.94. The lowest BCUT2D eigenvalue weighted by Gasteiger charge is -2.18. The largest absolute Gasteiger partial charge is 0.349 e. The minimum Gasteiger partial charge on any atom is -0.349 e. The first-order valence-corrected chi connectivity index (χ1v) is 6.29. The van der Waals surface area contributed by atoms with Gasteiger partial charge in [-0.3, -0.25) is 9.89 Å². The second-order valence-corrected chi connectivity index (χ2v) is 4.56. The average molecular weight is 272 g/mol. The molecule has 0 aromatic carbocycles. The summed E-state index contributed by atoms with van der Waals surface area (Å²) in [6, 6.07) is 0.312. The molecule has 5 heteroatoms. The van der Waals surface area contributed by atoms with Gasteiger partial charge in [-0.1, -0.05) is 22.4 Å². The molecule has 2 rings (SSSR count). The van der Waals surface area contributed by atoms with Gasteiger partial charge in [-0.05, 0) is 18.8 Å². The third-order valence-electron chi connectivity index (χ3n) is 2.93. The van der Waals surface area contributed by atoms with Crippen molar-refractivity contribution in [3.8, 4) is 0 Å². The highest BCUT2D eigenvalue weighted by Gasteiger charge is 2.27. The predicted molar refractivity (Wildman–Crippen MR) is 61.0 cm³/mol. The molecule has 0 spiro atoms. The van der Waals surface area contributed by atoms with Crippen molar-refractivity contribution < 1.29 is 4.79 Å². The van der Waals surface area contributed by atoms with Gasteiger partial charge in [0, 0.05) is 17.6 Å². The van der Waals surface area contributed by atoms with E-state index in [1.807, 2.05) is 0 Å². The lowest BCUT2D eigenvalue weighted by Crippen LogP contribution is -2.37. The Morgan fingerprint density at radius 2 is 2.53 bits per heavy atom. The van der Waals surface area contributed by atoms with Crippen molar-refractivity contribution in [2.45, 2.75) is 25.3 Å². The number of halogens is 1. The highest BCUT2D eigenvalue weighted by atomic mass is 79.9. The van der Waals surface area contributed by atoms with Crippen LogP contribution in [-0.4, -0.2) is 27.5 Å². The molecular formula is C10H14BrN3O. The molecule has 1 aromatic heterocycles. The molecule has 0 bridgehead atoms. The van der Waals surface area contributed by atoms with E-state index >= 15 is 0 Å². The SMILES string of the molecule is O=C(NC1CCCC1CBr)c1cn[nH]c1. The van der Waals surface area contributed by atoms with Crippen LogP contribution in [0.1, 0.15) is 29.6 Å². The van der Waals surface area contributed by atoms with Crippen LogP contribution in [-0.2, 0) is 0 Å². The van der Waals surface area contributed by atoms with Crippen molar-refractivity contribution in [3.63, 3.8) is 0 Å². The molecule has 2 unspecified atom stereocenters. The number of amides is 1. The number of rotatable bonds is 3. The molecule has 0 radical (unpaired) electrons. The number of hydrogen-bond acceptors (Lipinski definition) is 2. The number of hydrogen-bond donors (Lipinski definition) is 2. The highest BCUT2D eigenvalue weighted by Crippen LogP contribution is 2.27. The maximum Gasteiger partial charge on any atom is 0.254 e. The summed E-state index contributed by atoms with van der Waals surface area (Å²) in [5.74, 6) is 0.544. The summed E-state index contributed by atoms with van der Waals surface area (Å²) in [5, 5.41) is 10.4. The Morgan fingerprint density at radius 1 is 1.67 bits per heavy atom. The molecule has 0 saturated heterocycles. The van der Waals surface area contributed by atoms with Crippen LogP contribution in [0, 0.1) is 5.92 Å². The number of carbonyl (C=O) groups excluding carboxylic acids is 1. The summed E-state index contributed by atoms with van der Waals surface area (Å²) >= 11 is 3.49. The third kappa shape index (κ3) is 2.40. The first-order chi connectivity index (χ1) is 7.31. The number of aromatic nitrogens is 2. The topological polar surface area (TPSA) is 57.8 Å². The molecule has 1 fully saturated rings. The standard InChI is InChI=1S/C10H14BrN3O/c11-4-7-2-1-3-9(7)14-10(15)8-5-12-13-6-8/h5-7,9H,1-4H2,(H,12,13)(H,14,15). The average Bonchev–Trinajstić information content (AvgIpc) is 2.87. The molecule has 0 aliphatic heterocycles. The zero-order valence-electron chi connectivity index (χ0n) is 8.37. The summed E-state index contributed by atoms with van der Waals surface area (Å²) in [5.41, 5.74) is 0.607. The fourth-order valence-corrected chi connectivity index (χ4v) is 2.81. The van der Waals surface area contributed by atoms with Crippen LogP contribution in [0.15, 0.2) is 12.4 Å². The van der Waals surface area contributed by atoms with E-state index in [1.54, 1.807) is 12.4 Å². The molecule has 15 heavy (non-hydrogen) atoms. The van der Waals surface area contributed by atoms with Gasteiger partial charge in [0.15, 0.2) is 0 Å². The second-order valence-electron chi connectivity index (χ2n) is 3.91. The molecule has 1 saturated carbocycles. The molecule has 82 valence electrons. The van der Waals surface area contributed by atoms with Crippen LogP contribution in [0.5, 0.6) is 0 Å². The molecule has 1 aromatic rings. The molecular weight excluding hydrogens is 258 g/mol. The zero-order valence-corrected chi connectivity index (χ0v) is 9.96. The van der Waals surface area contributed by atoms with Crippen LogP contribution in [0.2, 0.25) is 0 Å². The number of carbonyl (C=O) groups is 1. The van der Waals surface area contributed by atoms with Gasteiger partial charge in [-0.15, -0.1) is 0 Å². The number of nitrogens with one attached hydrogen (secondary N) is 2. The Morgan fingerprint density at radius 3 is 3.20 bits per heavy atom. The van der Waals surface area contributed by atoms with E-state index in [-0.39, 0.29) is 5.91 Å². The van der Waals surface area contributed by atoms with Crippen LogP contribution < -0.4 is 5.32 Å². The van der Waals surface area contributed by atoms with Crippen LogP contribution in [0.4, 0.5) is 0 Å². The quantitative estimate of drug-likeness (QED) is 0.823. The first-order valence-electron chi connectivity index (χ1n) is 5.17. The van der Waals surface area contributed by atoms with E-state index in [0.717, 1.165) is 11.8 Å². The molecule has 2 atom stereocenters. The fraction of sp³-hybridized carbons (Fsp3) is 0.600. The van der Waals surface area contributed by atoms with E-state index in [4.69, 9.17) is 0 Å². The maximum atomic E-state index is 11.7. The smallest absolute Gasteiger partial charge is 0.254 e. The third-order valence-corrected chi connectivity index (χ3v) is 3.77. The maximum absolute atomic E-state index is 11.7. The summed E-state index contributed by atoms with van der Waals surface area (Å²) in [6.45, 7) is 0. The monoisotopic (exact) mass is 271 g/mol. The molecule has 1 heterocycles. The van der Waals surface area contributed by atoms with Gasteiger partial charge in [0.2, 0.25) is 0 Å². The van der Waals surface area contributed by atoms with Crippen molar-refractivity contribution in [1.82, 2.24) is 15.5 Å². The lowest BCUT2D eigenvalue weighted by atomic mass is 10.1. The minimum atomic E-state index is -0.0263. The van der Waals surface area contributed by atoms with E-state index in [9.17, 15) is 4.79 Å². The fourth-order valence-electron chi connectivity index (χ4n) is 2.04. The number of alkyl halides is 1. The van der Waals surface area contributed by atoms with Crippen molar-refractivity contribution in [1.29, 1.82) is 0 Å². The van der Waals surface area contributed by atoms with E-state index in [0.29, 0.717) is 17.5 Å². The molecule has 4 nitrogen and oxygen atoms in total. The second kappa shape index (κ2) is 4.79. The normalized spacial score (nSPS) is 25.4. The number of aromatic amines is 1. The van der Waals surface area contributed by atoms with E-state index in [2.05, 4.69) is 31.4 Å².